The van der Waals surface area contributed by atoms with Crippen LogP contribution in [0.4, 0.5) is 0 Å². The third-order valence-electron chi connectivity index (χ3n) is 4.74. The van der Waals surface area contributed by atoms with E-state index in [0.29, 0.717) is 18.1 Å². The molecule has 2 fully saturated rings. The predicted molar refractivity (Wildman–Crippen MR) is 90.1 cm³/mol. The zero-order chi connectivity index (χ0) is 14.3. The van der Waals surface area contributed by atoms with Crippen molar-refractivity contribution >= 4 is 34.2 Å². The normalized spacial score (nSPS) is 27.3. The summed E-state index contributed by atoms with van der Waals surface area (Å²) in [4.78, 5) is 14.7. The van der Waals surface area contributed by atoms with E-state index < -0.39 is 0 Å². The molecule has 1 aromatic rings. The molecule has 2 aliphatic rings. The van der Waals surface area contributed by atoms with Crippen LogP contribution < -0.4 is 5.32 Å². The van der Waals surface area contributed by atoms with Gasteiger partial charge in [0, 0.05) is 42.4 Å². The highest BCUT2D eigenvalue weighted by Crippen LogP contribution is 2.30. The fraction of sp³-hybridized carbons (Fsp3) is 0.667. The van der Waals surface area contributed by atoms with Crippen LogP contribution in [0.3, 0.4) is 0 Å². The van der Waals surface area contributed by atoms with E-state index in [0.717, 1.165) is 29.6 Å². The van der Waals surface area contributed by atoms with E-state index in [9.17, 15) is 4.79 Å². The van der Waals surface area contributed by atoms with E-state index in [2.05, 4.69) is 28.2 Å². The lowest BCUT2D eigenvalue weighted by atomic mass is 9.98. The number of piperidine rings is 1. The van der Waals surface area contributed by atoms with Crippen molar-refractivity contribution < 1.29 is 4.79 Å². The second-order valence-corrected chi connectivity index (χ2v) is 6.92. The summed E-state index contributed by atoms with van der Waals surface area (Å²) in [7, 11) is 1.96. The first-order valence-electron chi connectivity index (χ1n) is 7.47. The number of halogens is 2. The first-order chi connectivity index (χ1) is 9.58. The van der Waals surface area contributed by atoms with Crippen LogP contribution >= 0.6 is 28.3 Å². The maximum atomic E-state index is 12.7. The van der Waals surface area contributed by atoms with Crippen LogP contribution in [0.15, 0.2) is 16.7 Å². The van der Waals surface area contributed by atoms with Crippen LogP contribution in [0.1, 0.15) is 43.1 Å². The highest BCUT2D eigenvalue weighted by Gasteiger charge is 2.36. The van der Waals surface area contributed by atoms with Crippen molar-refractivity contribution in [3.8, 4) is 0 Å². The van der Waals surface area contributed by atoms with Gasteiger partial charge in [-0.2, -0.15) is 0 Å². The molecule has 2 aliphatic heterocycles. The number of aryl methyl sites for hydroxylation is 1. The molecule has 1 amide bonds. The Balaban J connectivity index is 0.00000161. The lowest BCUT2D eigenvalue weighted by molar-refractivity contribution is 0.0671. The Morgan fingerprint density at radius 1 is 1.43 bits per heavy atom. The fourth-order valence-electron chi connectivity index (χ4n) is 3.61. The Morgan fingerprint density at radius 2 is 2.05 bits per heavy atom. The van der Waals surface area contributed by atoms with Crippen LogP contribution in [-0.2, 0) is 6.54 Å². The quantitative estimate of drug-likeness (QED) is 0.880. The van der Waals surface area contributed by atoms with Gasteiger partial charge >= 0.3 is 0 Å². The highest BCUT2D eigenvalue weighted by atomic mass is 79.9. The van der Waals surface area contributed by atoms with Gasteiger partial charge in [0.2, 0.25) is 0 Å². The van der Waals surface area contributed by atoms with Gasteiger partial charge in [-0.1, -0.05) is 0 Å². The summed E-state index contributed by atoms with van der Waals surface area (Å²) in [5.74, 6) is 0.142. The maximum absolute atomic E-state index is 12.7. The molecule has 4 nitrogen and oxygen atoms in total. The molecule has 21 heavy (non-hydrogen) atoms. The third kappa shape index (κ3) is 3.30. The minimum Gasteiger partial charge on any atom is -0.343 e. The van der Waals surface area contributed by atoms with Crippen LogP contribution in [-0.4, -0.2) is 40.5 Å². The van der Waals surface area contributed by atoms with Gasteiger partial charge in [0.15, 0.2) is 0 Å². The van der Waals surface area contributed by atoms with Crippen LogP contribution in [0.5, 0.6) is 0 Å². The van der Waals surface area contributed by atoms with Crippen molar-refractivity contribution in [1.29, 1.82) is 0 Å². The molecule has 0 radical (unpaired) electrons. The minimum atomic E-state index is 0. The number of amides is 1. The number of hydrogen-bond donors (Lipinski definition) is 1. The smallest absolute Gasteiger partial charge is 0.270 e. The largest absolute Gasteiger partial charge is 0.343 e. The molecule has 0 aliphatic carbocycles. The predicted octanol–water partition coefficient (Wildman–Crippen LogP) is 3.05. The SMILES string of the molecule is CCn1cc(Br)cc1C(=O)N(C)C1CC2CCC(C1)N2.Cl. The Kier molecular flexibility index (Phi) is 5.38. The van der Waals surface area contributed by atoms with Crippen LogP contribution in [0.2, 0.25) is 0 Å². The number of carbonyl (C=O) groups excluding carboxylic acids is 1. The highest BCUT2D eigenvalue weighted by molar-refractivity contribution is 9.10. The zero-order valence-corrected chi connectivity index (χ0v) is 14.9. The summed E-state index contributed by atoms with van der Waals surface area (Å²) in [5, 5.41) is 3.63. The van der Waals surface area contributed by atoms with Crippen molar-refractivity contribution in [3.63, 3.8) is 0 Å². The Bertz CT molecular complexity index is 507. The number of aromatic nitrogens is 1. The van der Waals surface area contributed by atoms with Gasteiger partial charge < -0.3 is 14.8 Å². The summed E-state index contributed by atoms with van der Waals surface area (Å²) in [6.45, 7) is 2.88. The molecule has 0 aromatic carbocycles. The van der Waals surface area contributed by atoms with Gasteiger partial charge in [0.1, 0.15) is 5.69 Å². The van der Waals surface area contributed by atoms with Crippen molar-refractivity contribution in [3.05, 3.63) is 22.4 Å². The van der Waals surface area contributed by atoms with Crippen molar-refractivity contribution in [2.24, 2.45) is 0 Å². The first kappa shape index (κ1) is 16.8. The van der Waals surface area contributed by atoms with E-state index in [1.54, 1.807) is 0 Å². The van der Waals surface area contributed by atoms with Crippen molar-refractivity contribution in [2.75, 3.05) is 7.05 Å². The average molecular weight is 377 g/mol. The van der Waals surface area contributed by atoms with Crippen molar-refractivity contribution in [1.82, 2.24) is 14.8 Å². The second-order valence-electron chi connectivity index (χ2n) is 6.01. The summed E-state index contributed by atoms with van der Waals surface area (Å²) in [5.41, 5.74) is 0.785. The topological polar surface area (TPSA) is 37.3 Å². The standard InChI is InChI=1S/C15H22BrN3O.ClH/c1-3-19-9-10(16)6-14(19)15(20)18(2)13-7-11-4-5-12(8-13)17-11;/h6,9,11-13,17H,3-5,7-8H2,1-2H3;1H. The molecule has 1 aromatic heterocycles. The lowest BCUT2D eigenvalue weighted by Gasteiger charge is -2.35. The molecule has 2 unspecified atom stereocenters. The molecule has 6 heteroatoms. The summed E-state index contributed by atoms with van der Waals surface area (Å²) >= 11 is 3.46. The molecular weight excluding hydrogens is 354 g/mol. The summed E-state index contributed by atoms with van der Waals surface area (Å²) < 4.78 is 2.99. The van der Waals surface area contributed by atoms with E-state index in [4.69, 9.17) is 0 Å². The number of fused-ring (bicyclic) bond motifs is 2. The number of nitrogens with zero attached hydrogens (tertiary/aromatic N) is 2. The molecule has 2 bridgehead atoms. The Hall–Kier alpha value is -0.520. The zero-order valence-electron chi connectivity index (χ0n) is 12.5. The molecule has 118 valence electrons. The molecule has 2 atom stereocenters. The van der Waals surface area contributed by atoms with Crippen LogP contribution in [0, 0.1) is 0 Å². The van der Waals surface area contributed by atoms with Gasteiger partial charge in [0.05, 0.1) is 0 Å². The van der Waals surface area contributed by atoms with Gasteiger partial charge in [0.25, 0.3) is 5.91 Å². The molecule has 1 N–H and O–H groups in total. The number of rotatable bonds is 3. The first-order valence-corrected chi connectivity index (χ1v) is 8.26. The molecular formula is C15H23BrClN3O. The number of nitrogens with one attached hydrogen (secondary N) is 1. The molecule has 0 spiro atoms. The van der Waals surface area contributed by atoms with E-state index in [1.807, 2.05) is 28.8 Å². The van der Waals surface area contributed by atoms with Gasteiger partial charge in [-0.05, 0) is 54.6 Å². The van der Waals surface area contributed by atoms with Gasteiger partial charge in [-0.25, -0.2) is 0 Å². The average Bonchev–Trinajstić information content (AvgIpc) is 2.99. The summed E-state index contributed by atoms with van der Waals surface area (Å²) in [6, 6.07) is 3.52. The summed E-state index contributed by atoms with van der Waals surface area (Å²) in [6.07, 6.45) is 6.69. The lowest BCUT2D eigenvalue weighted by Crippen LogP contribution is -2.49. The van der Waals surface area contributed by atoms with E-state index >= 15 is 0 Å². The maximum Gasteiger partial charge on any atom is 0.270 e. The van der Waals surface area contributed by atoms with E-state index in [1.165, 1.54) is 12.8 Å². The Labute approximate surface area is 140 Å². The molecule has 0 saturated carbocycles. The monoisotopic (exact) mass is 375 g/mol. The van der Waals surface area contributed by atoms with Crippen molar-refractivity contribution in [2.45, 2.75) is 57.3 Å². The van der Waals surface area contributed by atoms with Gasteiger partial charge in [-0.3, -0.25) is 4.79 Å². The second kappa shape index (κ2) is 6.71. The fourth-order valence-corrected chi connectivity index (χ4v) is 4.07. The van der Waals surface area contributed by atoms with Crippen LogP contribution in [0.25, 0.3) is 0 Å². The van der Waals surface area contributed by atoms with E-state index in [-0.39, 0.29) is 18.3 Å². The third-order valence-corrected chi connectivity index (χ3v) is 5.17. The Morgan fingerprint density at radius 3 is 2.62 bits per heavy atom. The molecule has 3 heterocycles. The minimum absolute atomic E-state index is 0. The number of hydrogen-bond acceptors (Lipinski definition) is 2. The van der Waals surface area contributed by atoms with Gasteiger partial charge in [-0.15, -0.1) is 12.4 Å². The molecule has 3 rings (SSSR count). The molecule has 2 saturated heterocycles. The number of carbonyl (C=O) groups is 1.